The van der Waals surface area contributed by atoms with Crippen LogP contribution in [0.4, 0.5) is 0 Å². The number of thiophene rings is 1. The number of aryl methyl sites for hydroxylation is 2. The first-order chi connectivity index (χ1) is 10.3. The summed E-state index contributed by atoms with van der Waals surface area (Å²) in [5, 5.41) is 9.09. The molecule has 5 nitrogen and oxygen atoms in total. The highest BCUT2D eigenvalue weighted by Crippen LogP contribution is 2.33. The molecule has 3 aromatic rings. The van der Waals surface area contributed by atoms with Gasteiger partial charge in [-0.3, -0.25) is 9.78 Å². The molecule has 21 heavy (non-hydrogen) atoms. The molecule has 0 amide bonds. The Bertz CT molecular complexity index is 853. The van der Waals surface area contributed by atoms with E-state index in [1.54, 1.807) is 17.5 Å². The van der Waals surface area contributed by atoms with Gasteiger partial charge in [-0.25, -0.2) is 4.68 Å². The standard InChI is InChI=1S/C15H14N4OS/c20-15-13-11-6-1-2-7-12(11)21-14(13)17-18-19(15)9-10-5-3-4-8-16-10/h3-5,8H,1-2,6-7,9H2. The summed E-state index contributed by atoms with van der Waals surface area (Å²) < 4.78 is 1.42. The number of fused-ring (bicyclic) bond motifs is 3. The quantitative estimate of drug-likeness (QED) is 0.727. The van der Waals surface area contributed by atoms with Crippen molar-refractivity contribution in [3.63, 3.8) is 0 Å². The molecule has 0 radical (unpaired) electrons. The first-order valence-corrected chi connectivity index (χ1v) is 7.92. The lowest BCUT2D eigenvalue weighted by atomic mass is 9.97. The van der Waals surface area contributed by atoms with Crippen LogP contribution in [-0.4, -0.2) is 20.0 Å². The van der Waals surface area contributed by atoms with Crippen molar-refractivity contribution in [3.05, 3.63) is 50.9 Å². The van der Waals surface area contributed by atoms with Gasteiger partial charge in [0.2, 0.25) is 0 Å². The molecule has 0 fully saturated rings. The summed E-state index contributed by atoms with van der Waals surface area (Å²) >= 11 is 1.63. The maximum atomic E-state index is 12.7. The molecule has 0 aliphatic heterocycles. The van der Waals surface area contributed by atoms with E-state index in [-0.39, 0.29) is 5.56 Å². The van der Waals surface area contributed by atoms with Gasteiger partial charge in [0.15, 0.2) is 4.83 Å². The summed E-state index contributed by atoms with van der Waals surface area (Å²) in [5.41, 5.74) is 1.98. The fourth-order valence-electron chi connectivity index (χ4n) is 2.86. The van der Waals surface area contributed by atoms with Crippen molar-refractivity contribution in [2.24, 2.45) is 0 Å². The molecule has 1 aliphatic carbocycles. The SMILES string of the molecule is O=c1c2c3c(sc2nnn1Cc1ccccn1)CCCC3. The van der Waals surface area contributed by atoms with Crippen molar-refractivity contribution in [1.82, 2.24) is 20.0 Å². The van der Waals surface area contributed by atoms with E-state index in [1.165, 1.54) is 21.5 Å². The summed E-state index contributed by atoms with van der Waals surface area (Å²) in [6.45, 7) is 0.368. The predicted molar refractivity (Wildman–Crippen MR) is 81.7 cm³/mol. The van der Waals surface area contributed by atoms with Crippen LogP contribution in [0.5, 0.6) is 0 Å². The number of hydrogen-bond donors (Lipinski definition) is 0. The molecule has 0 N–H and O–H groups in total. The van der Waals surface area contributed by atoms with Crippen LogP contribution in [0.25, 0.3) is 10.2 Å². The molecule has 4 rings (SSSR count). The van der Waals surface area contributed by atoms with Gasteiger partial charge in [0.1, 0.15) is 0 Å². The normalized spacial score (nSPS) is 14.3. The van der Waals surface area contributed by atoms with Crippen molar-refractivity contribution >= 4 is 21.6 Å². The fourth-order valence-corrected chi connectivity index (χ4v) is 4.05. The topological polar surface area (TPSA) is 60.7 Å². The Morgan fingerprint density at radius 2 is 2.14 bits per heavy atom. The minimum Gasteiger partial charge on any atom is -0.267 e. The van der Waals surface area contributed by atoms with Crippen LogP contribution < -0.4 is 5.56 Å². The minimum absolute atomic E-state index is 0.0370. The zero-order valence-corrected chi connectivity index (χ0v) is 12.3. The molecular formula is C15H14N4OS. The second-order valence-corrected chi connectivity index (χ2v) is 6.35. The smallest absolute Gasteiger partial charge is 0.267 e. The number of aromatic nitrogens is 4. The van der Waals surface area contributed by atoms with E-state index in [9.17, 15) is 4.79 Å². The van der Waals surface area contributed by atoms with Crippen molar-refractivity contribution in [2.75, 3.05) is 0 Å². The molecule has 0 spiro atoms. The van der Waals surface area contributed by atoms with E-state index >= 15 is 0 Å². The summed E-state index contributed by atoms with van der Waals surface area (Å²) in [7, 11) is 0. The molecule has 3 heterocycles. The van der Waals surface area contributed by atoms with E-state index < -0.39 is 0 Å². The first kappa shape index (κ1) is 12.6. The van der Waals surface area contributed by atoms with Crippen LogP contribution >= 0.6 is 11.3 Å². The molecular weight excluding hydrogens is 284 g/mol. The summed E-state index contributed by atoms with van der Waals surface area (Å²) in [5.74, 6) is 0. The largest absolute Gasteiger partial charge is 0.279 e. The molecule has 0 saturated heterocycles. The van der Waals surface area contributed by atoms with Crippen LogP contribution in [0.3, 0.4) is 0 Å². The number of rotatable bonds is 2. The number of nitrogens with zero attached hydrogens (tertiary/aromatic N) is 4. The maximum absolute atomic E-state index is 12.7. The highest BCUT2D eigenvalue weighted by atomic mass is 32.1. The third-order valence-corrected chi connectivity index (χ3v) is 5.06. The highest BCUT2D eigenvalue weighted by Gasteiger charge is 2.20. The third kappa shape index (κ3) is 2.15. The van der Waals surface area contributed by atoms with E-state index in [0.717, 1.165) is 35.2 Å². The molecule has 0 atom stereocenters. The van der Waals surface area contributed by atoms with Crippen molar-refractivity contribution in [2.45, 2.75) is 32.2 Å². The second-order valence-electron chi connectivity index (χ2n) is 5.26. The zero-order valence-electron chi connectivity index (χ0n) is 11.5. The molecule has 0 aromatic carbocycles. The summed E-state index contributed by atoms with van der Waals surface area (Å²) in [4.78, 5) is 19.1. The average molecular weight is 298 g/mol. The van der Waals surface area contributed by atoms with Gasteiger partial charge in [-0.2, -0.15) is 0 Å². The van der Waals surface area contributed by atoms with Gasteiger partial charge in [0, 0.05) is 11.1 Å². The summed E-state index contributed by atoms with van der Waals surface area (Å²) in [6.07, 6.45) is 6.13. The minimum atomic E-state index is -0.0370. The van der Waals surface area contributed by atoms with E-state index in [1.807, 2.05) is 18.2 Å². The Morgan fingerprint density at radius 1 is 1.24 bits per heavy atom. The van der Waals surface area contributed by atoms with Crippen molar-refractivity contribution < 1.29 is 0 Å². The predicted octanol–water partition coefficient (Wildman–Crippen LogP) is 2.18. The Balaban J connectivity index is 1.84. The molecule has 0 bridgehead atoms. The van der Waals surface area contributed by atoms with Gasteiger partial charge in [0.05, 0.1) is 17.6 Å². The van der Waals surface area contributed by atoms with Crippen molar-refractivity contribution in [3.8, 4) is 0 Å². The molecule has 0 unspecified atom stereocenters. The van der Waals surface area contributed by atoms with Gasteiger partial charge >= 0.3 is 0 Å². The molecule has 6 heteroatoms. The first-order valence-electron chi connectivity index (χ1n) is 7.11. The van der Waals surface area contributed by atoms with Crippen LogP contribution in [-0.2, 0) is 19.4 Å². The van der Waals surface area contributed by atoms with E-state index in [2.05, 4.69) is 15.3 Å². The van der Waals surface area contributed by atoms with Gasteiger partial charge in [-0.05, 0) is 43.4 Å². The van der Waals surface area contributed by atoms with Gasteiger partial charge < -0.3 is 0 Å². The van der Waals surface area contributed by atoms with Crippen LogP contribution in [0.15, 0.2) is 29.2 Å². The summed E-state index contributed by atoms with van der Waals surface area (Å²) in [6, 6.07) is 5.66. The number of pyridine rings is 1. The van der Waals surface area contributed by atoms with Gasteiger partial charge in [0.25, 0.3) is 5.56 Å². The van der Waals surface area contributed by atoms with Crippen LogP contribution in [0.2, 0.25) is 0 Å². The monoisotopic (exact) mass is 298 g/mol. The number of hydrogen-bond acceptors (Lipinski definition) is 5. The lowest BCUT2D eigenvalue weighted by molar-refractivity contribution is 0.592. The van der Waals surface area contributed by atoms with Crippen LogP contribution in [0.1, 0.15) is 29.0 Å². The second kappa shape index (κ2) is 5.04. The Labute approximate surface area is 125 Å². The molecule has 1 aliphatic rings. The average Bonchev–Trinajstić information content (AvgIpc) is 2.90. The lowest BCUT2D eigenvalue weighted by Gasteiger charge is -2.10. The maximum Gasteiger partial charge on any atom is 0.279 e. The third-order valence-electron chi connectivity index (χ3n) is 3.88. The van der Waals surface area contributed by atoms with E-state index in [4.69, 9.17) is 0 Å². The van der Waals surface area contributed by atoms with E-state index in [0.29, 0.717) is 6.54 Å². The molecule has 0 saturated carbocycles. The molecule has 106 valence electrons. The molecule has 3 aromatic heterocycles. The Kier molecular flexibility index (Phi) is 3.03. The van der Waals surface area contributed by atoms with Gasteiger partial charge in [-0.15, -0.1) is 16.4 Å². The van der Waals surface area contributed by atoms with Gasteiger partial charge in [-0.1, -0.05) is 11.3 Å². The fraction of sp³-hybridized carbons (Fsp3) is 0.333. The lowest BCUT2D eigenvalue weighted by Crippen LogP contribution is -2.25. The zero-order chi connectivity index (χ0) is 14.2. The van der Waals surface area contributed by atoms with Crippen LogP contribution in [0, 0.1) is 0 Å². The highest BCUT2D eigenvalue weighted by molar-refractivity contribution is 7.18. The Morgan fingerprint density at radius 3 is 3.00 bits per heavy atom. The van der Waals surface area contributed by atoms with Crippen molar-refractivity contribution in [1.29, 1.82) is 0 Å². The Hall–Kier alpha value is -2.08.